The van der Waals surface area contributed by atoms with Crippen LogP contribution in [-0.2, 0) is 29.0 Å². The summed E-state index contributed by atoms with van der Waals surface area (Å²) in [5.41, 5.74) is 0.576. The number of hydrogen-bond acceptors (Lipinski definition) is 7. The van der Waals surface area contributed by atoms with Crippen molar-refractivity contribution in [3.63, 3.8) is 0 Å². The molecule has 0 radical (unpaired) electrons. The lowest BCUT2D eigenvalue weighted by molar-refractivity contribution is -0.133. The number of halogens is 2. The molecule has 226 valence electrons. The third-order valence-corrected chi connectivity index (χ3v) is 8.30. The van der Waals surface area contributed by atoms with Crippen LogP contribution in [0.25, 0.3) is 10.8 Å². The molecular weight excluding hydrogens is 573 g/mol. The Balaban J connectivity index is 1.19. The van der Waals surface area contributed by atoms with E-state index in [9.17, 15) is 14.0 Å². The lowest BCUT2D eigenvalue weighted by Crippen LogP contribution is -2.42. The number of carbonyl (C=O) groups excluding carboxylic acids is 2. The number of nitrogens with zero attached hydrogens (tertiary/aromatic N) is 6. The highest BCUT2D eigenvalue weighted by Gasteiger charge is 2.24. The molecular formula is C31H35ClFN7O3. The van der Waals surface area contributed by atoms with Gasteiger partial charge in [-0.1, -0.05) is 48.0 Å². The second-order valence-corrected chi connectivity index (χ2v) is 11.1. The third-order valence-electron chi connectivity index (χ3n) is 7.88. The van der Waals surface area contributed by atoms with Crippen LogP contribution in [-0.4, -0.2) is 74.3 Å². The maximum Gasteiger partial charge on any atom is 0.412 e. The smallest absolute Gasteiger partial charge is 0.412 e. The number of amides is 2. The standard InChI is InChI=1S/C31H35ClFN7O3/c1-21-36-37-28-19-39(15-16-40(21)28)14-6-10-25(38(2)29(41)13-12-22-9-5-11-26(33)30(22)32)20-43-31(42)35-27-17-23-7-3-4-8-24(23)18-34-27/h3-5,7-9,11,17-18,25H,6,10,12-16,19-20H2,1-2H3,(H,34,35,42)/t25-/m0/s1. The number of benzene rings is 2. The van der Waals surface area contributed by atoms with Gasteiger partial charge in [0.2, 0.25) is 5.91 Å². The molecule has 4 aromatic rings. The highest BCUT2D eigenvalue weighted by Crippen LogP contribution is 2.22. The fourth-order valence-electron chi connectivity index (χ4n) is 5.31. The van der Waals surface area contributed by atoms with Gasteiger partial charge >= 0.3 is 6.09 Å². The lowest BCUT2D eigenvalue weighted by Gasteiger charge is -2.30. The van der Waals surface area contributed by atoms with Gasteiger partial charge in [-0.25, -0.2) is 14.2 Å². The molecule has 1 N–H and O–H groups in total. The van der Waals surface area contributed by atoms with E-state index in [1.54, 1.807) is 36.3 Å². The average molecular weight is 608 g/mol. The molecule has 1 aliphatic rings. The zero-order valence-electron chi connectivity index (χ0n) is 24.3. The quantitative estimate of drug-likeness (QED) is 0.249. The van der Waals surface area contributed by atoms with Crippen LogP contribution in [0.4, 0.5) is 15.0 Å². The molecule has 0 unspecified atom stereocenters. The van der Waals surface area contributed by atoms with E-state index in [1.807, 2.05) is 31.2 Å². The summed E-state index contributed by atoms with van der Waals surface area (Å²) in [6.07, 6.45) is 2.88. The first-order chi connectivity index (χ1) is 20.8. The third kappa shape index (κ3) is 7.66. The van der Waals surface area contributed by atoms with Crippen molar-refractivity contribution in [3.05, 3.63) is 82.8 Å². The molecule has 0 bridgehead atoms. The number of carbonyl (C=O) groups is 2. The normalized spacial score (nSPS) is 13.9. The molecule has 0 aliphatic carbocycles. The second-order valence-electron chi connectivity index (χ2n) is 10.7. The monoisotopic (exact) mass is 607 g/mol. The number of fused-ring (bicyclic) bond motifs is 2. The van der Waals surface area contributed by atoms with Crippen LogP contribution in [0.1, 0.15) is 36.5 Å². The van der Waals surface area contributed by atoms with Crippen LogP contribution in [0.5, 0.6) is 0 Å². The van der Waals surface area contributed by atoms with E-state index in [0.717, 1.165) is 48.5 Å². The van der Waals surface area contributed by atoms with E-state index in [0.29, 0.717) is 30.8 Å². The van der Waals surface area contributed by atoms with Crippen molar-refractivity contribution in [1.29, 1.82) is 0 Å². The molecule has 3 heterocycles. The number of nitrogens with one attached hydrogen (secondary N) is 1. The van der Waals surface area contributed by atoms with Crippen molar-refractivity contribution in [1.82, 2.24) is 29.5 Å². The Morgan fingerprint density at radius 3 is 2.79 bits per heavy atom. The number of aryl methyl sites for hydroxylation is 2. The predicted molar refractivity (Wildman–Crippen MR) is 162 cm³/mol. The van der Waals surface area contributed by atoms with Gasteiger partial charge in [0.25, 0.3) is 0 Å². The minimum absolute atomic E-state index is 0.00982. The molecule has 0 fully saturated rings. The van der Waals surface area contributed by atoms with Crippen molar-refractivity contribution < 1.29 is 18.7 Å². The molecule has 12 heteroatoms. The summed E-state index contributed by atoms with van der Waals surface area (Å²) in [5, 5.41) is 13.1. The van der Waals surface area contributed by atoms with Crippen molar-refractivity contribution in [2.45, 2.75) is 51.7 Å². The number of likely N-dealkylation sites (N-methyl/N-ethyl adjacent to an activating group) is 1. The summed E-state index contributed by atoms with van der Waals surface area (Å²) in [5.74, 6) is 1.59. The summed E-state index contributed by atoms with van der Waals surface area (Å²) in [7, 11) is 1.71. The number of rotatable bonds is 11. The lowest BCUT2D eigenvalue weighted by atomic mass is 10.1. The molecule has 2 aromatic heterocycles. The molecule has 1 aliphatic heterocycles. The SMILES string of the molecule is Cc1nnc2n1CCN(CCC[C@@H](COC(=O)Nc1cc3ccccc3cn1)N(C)C(=O)CCc1cccc(F)c1Cl)C2. The first kappa shape index (κ1) is 30.4. The Hall–Kier alpha value is -4.09. The number of aromatic nitrogens is 4. The minimum atomic E-state index is -0.647. The van der Waals surface area contributed by atoms with Gasteiger partial charge in [0.1, 0.15) is 29.9 Å². The Bertz CT molecular complexity index is 1600. The molecule has 1 atom stereocenters. The predicted octanol–water partition coefficient (Wildman–Crippen LogP) is 5.23. The molecule has 0 saturated heterocycles. The minimum Gasteiger partial charge on any atom is -0.447 e. The van der Waals surface area contributed by atoms with Gasteiger partial charge in [-0.05, 0) is 55.8 Å². The van der Waals surface area contributed by atoms with Gasteiger partial charge < -0.3 is 14.2 Å². The molecule has 5 rings (SSSR count). The highest BCUT2D eigenvalue weighted by molar-refractivity contribution is 6.31. The number of anilines is 1. The van der Waals surface area contributed by atoms with Crippen molar-refractivity contribution in [2.75, 3.05) is 32.1 Å². The maximum absolute atomic E-state index is 13.9. The summed E-state index contributed by atoms with van der Waals surface area (Å²) >= 11 is 6.09. The van der Waals surface area contributed by atoms with Gasteiger partial charge in [-0.15, -0.1) is 10.2 Å². The van der Waals surface area contributed by atoms with Crippen LogP contribution < -0.4 is 5.32 Å². The number of ether oxygens (including phenoxy) is 1. The first-order valence-electron chi connectivity index (χ1n) is 14.4. The van der Waals surface area contributed by atoms with Crippen LogP contribution in [0, 0.1) is 12.7 Å². The van der Waals surface area contributed by atoms with Gasteiger partial charge in [-0.2, -0.15) is 0 Å². The Kier molecular flexibility index (Phi) is 9.83. The van der Waals surface area contributed by atoms with E-state index < -0.39 is 11.9 Å². The Morgan fingerprint density at radius 2 is 1.95 bits per heavy atom. The number of pyridine rings is 1. The molecule has 43 heavy (non-hydrogen) atoms. The maximum atomic E-state index is 13.9. The van der Waals surface area contributed by atoms with E-state index in [1.165, 1.54) is 6.07 Å². The van der Waals surface area contributed by atoms with E-state index in [-0.39, 0.29) is 30.0 Å². The molecule has 0 spiro atoms. The van der Waals surface area contributed by atoms with Crippen molar-refractivity contribution in [3.8, 4) is 0 Å². The van der Waals surface area contributed by atoms with Crippen LogP contribution in [0.3, 0.4) is 0 Å². The van der Waals surface area contributed by atoms with E-state index in [2.05, 4.69) is 30.0 Å². The van der Waals surface area contributed by atoms with Gasteiger partial charge in [0.05, 0.1) is 17.6 Å². The van der Waals surface area contributed by atoms with Crippen molar-refractivity contribution >= 4 is 40.2 Å². The van der Waals surface area contributed by atoms with Gasteiger partial charge in [0, 0.05) is 38.1 Å². The summed E-state index contributed by atoms with van der Waals surface area (Å²) in [4.78, 5) is 34.1. The van der Waals surface area contributed by atoms with Crippen LogP contribution in [0.2, 0.25) is 5.02 Å². The number of hydrogen-bond donors (Lipinski definition) is 1. The fraction of sp³-hybridized carbons (Fsp3) is 0.387. The largest absolute Gasteiger partial charge is 0.447 e. The topological polar surface area (TPSA) is 105 Å². The van der Waals surface area contributed by atoms with Gasteiger partial charge in [-0.3, -0.25) is 15.0 Å². The van der Waals surface area contributed by atoms with Crippen molar-refractivity contribution in [2.24, 2.45) is 0 Å². The Labute approximate surface area is 254 Å². The van der Waals surface area contributed by atoms with E-state index in [4.69, 9.17) is 16.3 Å². The first-order valence-corrected chi connectivity index (χ1v) is 14.7. The Morgan fingerprint density at radius 1 is 1.14 bits per heavy atom. The van der Waals surface area contributed by atoms with Crippen LogP contribution in [0.15, 0.2) is 54.7 Å². The zero-order chi connectivity index (χ0) is 30.3. The second kappa shape index (κ2) is 13.9. The molecule has 10 nitrogen and oxygen atoms in total. The molecule has 2 amide bonds. The zero-order valence-corrected chi connectivity index (χ0v) is 25.1. The van der Waals surface area contributed by atoms with Gasteiger partial charge in [0.15, 0.2) is 0 Å². The molecule has 0 saturated carbocycles. The summed E-state index contributed by atoms with van der Waals surface area (Å²) < 4.78 is 21.6. The average Bonchev–Trinajstić information content (AvgIpc) is 3.38. The highest BCUT2D eigenvalue weighted by atomic mass is 35.5. The summed E-state index contributed by atoms with van der Waals surface area (Å²) in [6, 6.07) is 13.7. The van der Waals surface area contributed by atoms with E-state index >= 15 is 0 Å². The van der Waals surface area contributed by atoms with Crippen LogP contribution >= 0.6 is 11.6 Å². The fourth-order valence-corrected chi connectivity index (χ4v) is 5.53. The summed E-state index contributed by atoms with van der Waals surface area (Å²) in [6.45, 7) is 5.21. The molecule has 2 aromatic carbocycles.